The molecule has 0 aromatic rings. The Kier molecular flexibility index (Phi) is 3.50. The summed E-state index contributed by atoms with van der Waals surface area (Å²) in [6.07, 6.45) is 4.04. The number of alkyl halides is 1. The smallest absolute Gasteiger partial charge is 0.0622 e. The van der Waals surface area contributed by atoms with Crippen molar-refractivity contribution in [1.82, 2.24) is 4.90 Å². The summed E-state index contributed by atoms with van der Waals surface area (Å²) in [6.45, 7) is 6.54. The van der Waals surface area contributed by atoms with Crippen LogP contribution in [0, 0.1) is 5.41 Å². The van der Waals surface area contributed by atoms with Gasteiger partial charge in [0.1, 0.15) is 0 Å². The first kappa shape index (κ1) is 10.9. The van der Waals surface area contributed by atoms with E-state index < -0.39 is 0 Å². The molecule has 1 saturated heterocycles. The van der Waals surface area contributed by atoms with Gasteiger partial charge in [-0.3, -0.25) is 4.90 Å². The predicted molar refractivity (Wildman–Crippen MR) is 61.9 cm³/mol. The molecule has 0 aromatic carbocycles. The van der Waals surface area contributed by atoms with Crippen LogP contribution in [0.25, 0.3) is 0 Å². The zero-order valence-corrected chi connectivity index (χ0v) is 10.6. The summed E-state index contributed by atoms with van der Waals surface area (Å²) in [4.78, 5) is 2.64. The third-order valence-corrected chi connectivity index (χ3v) is 4.79. The molecule has 1 heterocycles. The quantitative estimate of drug-likeness (QED) is 0.721. The largest absolute Gasteiger partial charge is 0.378 e. The van der Waals surface area contributed by atoms with E-state index in [1.807, 2.05) is 0 Å². The lowest BCUT2D eigenvalue weighted by Gasteiger charge is -2.37. The molecule has 1 unspecified atom stereocenters. The SMILES string of the molecule is CCC1COCCN1CC1(CBr)CC1. The molecule has 3 heteroatoms. The van der Waals surface area contributed by atoms with Crippen molar-refractivity contribution in [1.29, 1.82) is 0 Å². The minimum absolute atomic E-state index is 0.616. The van der Waals surface area contributed by atoms with Crippen LogP contribution in [-0.4, -0.2) is 42.6 Å². The van der Waals surface area contributed by atoms with E-state index in [1.165, 1.54) is 31.1 Å². The second-order valence-corrected chi connectivity index (χ2v) is 5.30. The minimum Gasteiger partial charge on any atom is -0.378 e. The lowest BCUT2D eigenvalue weighted by Crippen LogP contribution is -2.47. The van der Waals surface area contributed by atoms with Crippen LogP contribution >= 0.6 is 15.9 Å². The normalized spacial score (nSPS) is 31.7. The summed E-state index contributed by atoms with van der Waals surface area (Å²) in [7, 11) is 0. The van der Waals surface area contributed by atoms with Crippen molar-refractivity contribution in [2.24, 2.45) is 5.41 Å². The average molecular weight is 262 g/mol. The number of halogens is 1. The highest BCUT2D eigenvalue weighted by molar-refractivity contribution is 9.09. The molecule has 0 radical (unpaired) electrons. The second-order valence-electron chi connectivity index (χ2n) is 4.74. The summed E-state index contributed by atoms with van der Waals surface area (Å²) < 4.78 is 5.52. The van der Waals surface area contributed by atoms with E-state index in [2.05, 4.69) is 27.8 Å². The molecular formula is C11H20BrNO. The molecule has 2 rings (SSSR count). The van der Waals surface area contributed by atoms with Crippen molar-refractivity contribution >= 4 is 15.9 Å². The number of hydrogen-bond acceptors (Lipinski definition) is 2. The van der Waals surface area contributed by atoms with Gasteiger partial charge in [0.05, 0.1) is 13.2 Å². The maximum atomic E-state index is 5.52. The highest BCUT2D eigenvalue weighted by Crippen LogP contribution is 2.48. The van der Waals surface area contributed by atoms with Gasteiger partial charge in [0.2, 0.25) is 0 Å². The van der Waals surface area contributed by atoms with Gasteiger partial charge in [-0.2, -0.15) is 0 Å². The van der Waals surface area contributed by atoms with Crippen molar-refractivity contribution < 1.29 is 4.74 Å². The van der Waals surface area contributed by atoms with Crippen LogP contribution in [0.15, 0.2) is 0 Å². The molecule has 0 spiro atoms. The summed E-state index contributed by atoms with van der Waals surface area (Å²) >= 11 is 3.64. The van der Waals surface area contributed by atoms with Crippen molar-refractivity contribution in [3.8, 4) is 0 Å². The molecule has 2 fully saturated rings. The van der Waals surface area contributed by atoms with Gasteiger partial charge < -0.3 is 4.74 Å². The summed E-state index contributed by atoms with van der Waals surface area (Å²) in [5.74, 6) is 0. The van der Waals surface area contributed by atoms with Gasteiger partial charge in [-0.05, 0) is 24.7 Å². The maximum absolute atomic E-state index is 5.52. The molecule has 0 aromatic heterocycles. The van der Waals surface area contributed by atoms with E-state index in [9.17, 15) is 0 Å². The van der Waals surface area contributed by atoms with E-state index in [-0.39, 0.29) is 0 Å². The van der Waals surface area contributed by atoms with Crippen molar-refractivity contribution in [3.05, 3.63) is 0 Å². The lowest BCUT2D eigenvalue weighted by atomic mass is 10.1. The first-order chi connectivity index (χ1) is 6.79. The molecule has 1 saturated carbocycles. The van der Waals surface area contributed by atoms with E-state index in [0.717, 1.165) is 19.8 Å². The molecule has 1 aliphatic heterocycles. The Labute approximate surface area is 95.1 Å². The Hall–Kier alpha value is 0.400. The second kappa shape index (κ2) is 4.50. The molecule has 0 bridgehead atoms. The Balaban J connectivity index is 1.88. The van der Waals surface area contributed by atoms with Crippen LogP contribution in [0.2, 0.25) is 0 Å². The third-order valence-electron chi connectivity index (χ3n) is 3.60. The van der Waals surface area contributed by atoms with Gasteiger partial charge in [0.25, 0.3) is 0 Å². The van der Waals surface area contributed by atoms with Gasteiger partial charge in [-0.25, -0.2) is 0 Å². The molecular weight excluding hydrogens is 242 g/mol. The molecule has 2 nitrogen and oxygen atoms in total. The lowest BCUT2D eigenvalue weighted by molar-refractivity contribution is -0.0159. The monoisotopic (exact) mass is 261 g/mol. The summed E-state index contributed by atoms with van der Waals surface area (Å²) in [6, 6.07) is 0.667. The Bertz CT molecular complexity index is 194. The molecule has 0 amide bonds. The highest BCUT2D eigenvalue weighted by Gasteiger charge is 2.43. The molecule has 14 heavy (non-hydrogen) atoms. The number of nitrogens with zero attached hydrogens (tertiary/aromatic N) is 1. The van der Waals surface area contributed by atoms with E-state index in [1.54, 1.807) is 0 Å². The van der Waals surface area contributed by atoms with Crippen molar-refractivity contribution in [2.75, 3.05) is 31.6 Å². The van der Waals surface area contributed by atoms with Crippen LogP contribution in [0.3, 0.4) is 0 Å². The van der Waals surface area contributed by atoms with Crippen LogP contribution < -0.4 is 0 Å². The third kappa shape index (κ3) is 2.31. The maximum Gasteiger partial charge on any atom is 0.0622 e. The topological polar surface area (TPSA) is 12.5 Å². The fourth-order valence-electron chi connectivity index (χ4n) is 2.21. The average Bonchev–Trinajstić information content (AvgIpc) is 2.99. The zero-order valence-electron chi connectivity index (χ0n) is 8.97. The standard InChI is InChI=1S/C11H20BrNO/c1-2-10-7-14-6-5-13(10)9-11(8-12)3-4-11/h10H,2-9H2,1H3. The van der Waals surface area contributed by atoms with Gasteiger partial charge >= 0.3 is 0 Å². The van der Waals surface area contributed by atoms with Gasteiger partial charge in [0.15, 0.2) is 0 Å². The van der Waals surface area contributed by atoms with Gasteiger partial charge in [-0.1, -0.05) is 22.9 Å². The van der Waals surface area contributed by atoms with Crippen molar-refractivity contribution in [2.45, 2.75) is 32.2 Å². The fraction of sp³-hybridized carbons (Fsp3) is 1.00. The van der Waals surface area contributed by atoms with E-state index in [4.69, 9.17) is 4.74 Å². The molecule has 1 atom stereocenters. The summed E-state index contributed by atoms with van der Waals surface area (Å²) in [5.41, 5.74) is 0.616. The highest BCUT2D eigenvalue weighted by atomic mass is 79.9. The molecule has 0 N–H and O–H groups in total. The van der Waals surface area contributed by atoms with Crippen LogP contribution in [0.4, 0.5) is 0 Å². The molecule has 2 aliphatic rings. The zero-order chi connectivity index (χ0) is 10.0. The number of rotatable bonds is 4. The predicted octanol–water partition coefficient (Wildman–Crippen LogP) is 2.27. The summed E-state index contributed by atoms with van der Waals surface area (Å²) in [5, 5.41) is 1.17. The fourth-order valence-corrected chi connectivity index (χ4v) is 2.95. The van der Waals surface area contributed by atoms with Gasteiger partial charge in [0, 0.05) is 24.5 Å². The minimum atomic E-state index is 0.616. The molecule has 1 aliphatic carbocycles. The Morgan fingerprint density at radius 2 is 2.29 bits per heavy atom. The van der Waals surface area contributed by atoms with E-state index in [0.29, 0.717) is 11.5 Å². The van der Waals surface area contributed by atoms with Crippen LogP contribution in [0.5, 0.6) is 0 Å². The van der Waals surface area contributed by atoms with E-state index >= 15 is 0 Å². The Morgan fingerprint density at radius 3 is 2.86 bits per heavy atom. The van der Waals surface area contributed by atoms with Crippen LogP contribution in [-0.2, 0) is 4.74 Å². The number of morpholine rings is 1. The number of ether oxygens (including phenoxy) is 1. The first-order valence-electron chi connectivity index (χ1n) is 5.67. The number of hydrogen-bond donors (Lipinski definition) is 0. The van der Waals surface area contributed by atoms with Crippen LogP contribution in [0.1, 0.15) is 26.2 Å². The van der Waals surface area contributed by atoms with Gasteiger partial charge in [-0.15, -0.1) is 0 Å². The van der Waals surface area contributed by atoms with Crippen molar-refractivity contribution in [3.63, 3.8) is 0 Å². The Morgan fingerprint density at radius 1 is 1.50 bits per heavy atom. The molecule has 82 valence electrons. The first-order valence-corrected chi connectivity index (χ1v) is 6.79.